The van der Waals surface area contributed by atoms with Crippen molar-refractivity contribution >= 4 is 34.1 Å². The van der Waals surface area contributed by atoms with Crippen molar-refractivity contribution in [3.63, 3.8) is 0 Å². The third-order valence-electron chi connectivity index (χ3n) is 7.16. The van der Waals surface area contributed by atoms with Crippen LogP contribution < -0.4 is 5.46 Å². The molecule has 5 aromatic carbocycles. The van der Waals surface area contributed by atoms with Gasteiger partial charge in [-0.3, -0.25) is 0 Å². The molecule has 0 amide bonds. The van der Waals surface area contributed by atoms with Crippen molar-refractivity contribution in [2.24, 2.45) is 0 Å². The molecule has 0 aromatic heterocycles. The van der Waals surface area contributed by atoms with Crippen LogP contribution in [-0.2, 0) is 9.31 Å². The van der Waals surface area contributed by atoms with Crippen molar-refractivity contribution in [3.05, 3.63) is 103 Å². The van der Waals surface area contributed by atoms with E-state index in [0.717, 1.165) is 27.4 Å². The minimum absolute atomic E-state index is 0.0493. The van der Waals surface area contributed by atoms with Crippen LogP contribution in [0.1, 0.15) is 37.3 Å². The van der Waals surface area contributed by atoms with E-state index < -0.39 is 36.4 Å². The van der Waals surface area contributed by atoms with Crippen LogP contribution in [0, 0.1) is 0 Å². The Morgan fingerprint density at radius 2 is 1.26 bits per heavy atom. The molecule has 0 bridgehead atoms. The first-order valence-corrected chi connectivity index (χ1v) is 11.7. The van der Waals surface area contributed by atoms with Gasteiger partial charge in [0.05, 0.1) is 20.8 Å². The molecule has 1 aliphatic rings. The van der Waals surface area contributed by atoms with Crippen LogP contribution in [0.2, 0.25) is 0 Å². The van der Waals surface area contributed by atoms with Crippen molar-refractivity contribution < 1.29 is 18.9 Å². The molecule has 0 N–H and O–H groups in total. The standard InChI is InChI=1S/C32H29BO2/c1-31(2)32(3,4)35-33(34-31)30-12-8-7-11-29(30)28-18-17-26-20-25(15-16-27(26)21-28)24-14-13-22-9-5-6-10-23(22)19-24/h5-21H,1-4H3/i5D,6D,9D,10D,13D,14D,19D. The fourth-order valence-corrected chi connectivity index (χ4v) is 4.43. The molecule has 0 unspecified atom stereocenters. The average Bonchev–Trinajstić information content (AvgIpc) is 3.18. The molecule has 2 nitrogen and oxygen atoms in total. The predicted octanol–water partition coefficient (Wildman–Crippen LogP) is 7.63. The third kappa shape index (κ3) is 3.85. The Morgan fingerprint density at radius 1 is 0.629 bits per heavy atom. The number of rotatable bonds is 3. The summed E-state index contributed by atoms with van der Waals surface area (Å²) in [7, 11) is -0.510. The second-order valence-electron chi connectivity index (χ2n) is 9.95. The lowest BCUT2D eigenvalue weighted by Crippen LogP contribution is -2.41. The molecule has 5 aromatic rings. The van der Waals surface area contributed by atoms with E-state index in [2.05, 4.69) is 6.07 Å². The number of hydrogen-bond acceptors (Lipinski definition) is 2. The van der Waals surface area contributed by atoms with Crippen molar-refractivity contribution in [1.29, 1.82) is 0 Å². The molecule has 0 saturated carbocycles. The zero-order valence-electron chi connectivity index (χ0n) is 27.2. The number of fused-ring (bicyclic) bond motifs is 2. The van der Waals surface area contributed by atoms with E-state index in [4.69, 9.17) is 18.9 Å². The molecule has 1 fully saturated rings. The van der Waals surface area contributed by atoms with Crippen LogP contribution in [0.15, 0.2) is 103 Å². The zero-order chi connectivity index (χ0) is 30.3. The summed E-state index contributed by atoms with van der Waals surface area (Å²) in [5.74, 6) is 0. The Hall–Kier alpha value is -3.40. The lowest BCUT2D eigenvalue weighted by molar-refractivity contribution is 0.00578. The van der Waals surface area contributed by atoms with Gasteiger partial charge in [0.15, 0.2) is 0 Å². The topological polar surface area (TPSA) is 18.5 Å². The lowest BCUT2D eigenvalue weighted by Gasteiger charge is -2.32. The Kier molecular flexibility index (Phi) is 3.60. The van der Waals surface area contributed by atoms with Crippen molar-refractivity contribution in [2.45, 2.75) is 38.9 Å². The quantitative estimate of drug-likeness (QED) is 0.256. The van der Waals surface area contributed by atoms with E-state index in [1.807, 2.05) is 76.2 Å². The lowest BCUT2D eigenvalue weighted by atomic mass is 9.74. The van der Waals surface area contributed by atoms with Gasteiger partial charge in [-0.05, 0) is 95.1 Å². The van der Waals surface area contributed by atoms with E-state index >= 15 is 0 Å². The Bertz CT molecular complexity index is 1920. The van der Waals surface area contributed by atoms with Gasteiger partial charge < -0.3 is 9.31 Å². The van der Waals surface area contributed by atoms with Gasteiger partial charge in [0.1, 0.15) is 0 Å². The molecule has 0 atom stereocenters. The number of hydrogen-bond donors (Lipinski definition) is 0. The summed E-state index contributed by atoms with van der Waals surface area (Å²) in [4.78, 5) is 0. The van der Waals surface area contributed by atoms with Crippen LogP contribution in [-0.4, -0.2) is 18.3 Å². The van der Waals surface area contributed by atoms with Crippen molar-refractivity contribution in [1.82, 2.24) is 0 Å². The molecule has 3 heteroatoms. The smallest absolute Gasteiger partial charge is 0.399 e. The summed E-state index contributed by atoms with van der Waals surface area (Å²) in [6.07, 6.45) is 0. The minimum atomic E-state index is -0.510. The summed E-state index contributed by atoms with van der Waals surface area (Å²) < 4.78 is 71.4. The maximum Gasteiger partial charge on any atom is 0.495 e. The fourth-order valence-electron chi connectivity index (χ4n) is 4.43. The SMILES string of the molecule is [2H]c1c([2H])c([2H])c2c([2H])c(-c3ccc4cc(-c5ccccc5B5OC(C)(C)C(C)(C)O5)ccc4c3)c([2H])c([2H])c2c1[2H]. The molecule has 0 radical (unpaired) electrons. The fraction of sp³-hybridized carbons (Fsp3) is 0.188. The van der Waals surface area contributed by atoms with Gasteiger partial charge in [0.2, 0.25) is 0 Å². The van der Waals surface area contributed by atoms with Crippen molar-refractivity contribution in [2.75, 3.05) is 0 Å². The first kappa shape index (κ1) is 15.6. The van der Waals surface area contributed by atoms with Gasteiger partial charge in [-0.2, -0.15) is 0 Å². The highest BCUT2D eigenvalue weighted by Gasteiger charge is 2.52. The highest BCUT2D eigenvalue weighted by Crippen LogP contribution is 2.37. The monoisotopic (exact) mass is 463 g/mol. The Labute approximate surface area is 217 Å². The molecule has 6 rings (SSSR count). The molecule has 35 heavy (non-hydrogen) atoms. The van der Waals surface area contributed by atoms with E-state index in [1.165, 1.54) is 0 Å². The van der Waals surface area contributed by atoms with Gasteiger partial charge in [0.25, 0.3) is 0 Å². The maximum atomic E-state index is 8.86. The molecule has 0 aliphatic carbocycles. The highest BCUT2D eigenvalue weighted by molar-refractivity contribution is 6.63. The van der Waals surface area contributed by atoms with E-state index in [9.17, 15) is 0 Å². The second-order valence-corrected chi connectivity index (χ2v) is 9.95. The molecule has 1 saturated heterocycles. The number of benzene rings is 5. The molecular formula is C32H29BO2. The van der Waals surface area contributed by atoms with Crippen LogP contribution in [0.25, 0.3) is 43.8 Å². The van der Waals surface area contributed by atoms with Crippen LogP contribution in [0.3, 0.4) is 0 Å². The molecule has 1 aliphatic heterocycles. The summed E-state index contributed by atoms with van der Waals surface area (Å²) in [5.41, 5.74) is 2.68. The average molecular weight is 463 g/mol. The summed E-state index contributed by atoms with van der Waals surface area (Å²) in [5, 5.41) is 1.65. The van der Waals surface area contributed by atoms with E-state index in [1.54, 1.807) is 6.07 Å². The van der Waals surface area contributed by atoms with E-state index in [-0.39, 0.29) is 40.5 Å². The minimum Gasteiger partial charge on any atom is -0.399 e. The van der Waals surface area contributed by atoms with Crippen LogP contribution in [0.5, 0.6) is 0 Å². The normalized spacial score (nSPS) is 19.5. The molecule has 1 heterocycles. The van der Waals surface area contributed by atoms with Crippen LogP contribution in [0.4, 0.5) is 0 Å². The molecule has 172 valence electrons. The molecular weight excluding hydrogens is 427 g/mol. The van der Waals surface area contributed by atoms with Gasteiger partial charge in [0, 0.05) is 0 Å². The third-order valence-corrected chi connectivity index (χ3v) is 7.16. The van der Waals surface area contributed by atoms with Crippen LogP contribution >= 0.6 is 0 Å². The first-order chi connectivity index (χ1) is 19.7. The van der Waals surface area contributed by atoms with Gasteiger partial charge in [-0.15, -0.1) is 0 Å². The largest absolute Gasteiger partial charge is 0.495 e. The first-order valence-electron chi connectivity index (χ1n) is 15.2. The van der Waals surface area contributed by atoms with E-state index in [0.29, 0.717) is 5.56 Å². The maximum absolute atomic E-state index is 8.86. The highest BCUT2D eigenvalue weighted by atomic mass is 16.7. The Balaban J connectivity index is 1.46. The zero-order valence-corrected chi connectivity index (χ0v) is 20.2. The predicted molar refractivity (Wildman–Crippen MR) is 148 cm³/mol. The van der Waals surface area contributed by atoms with Gasteiger partial charge >= 0.3 is 7.12 Å². The summed E-state index contributed by atoms with van der Waals surface area (Å²) in [6.45, 7) is 8.12. The van der Waals surface area contributed by atoms with Crippen molar-refractivity contribution in [3.8, 4) is 22.3 Å². The van der Waals surface area contributed by atoms with Gasteiger partial charge in [-0.1, -0.05) is 84.8 Å². The second kappa shape index (κ2) is 8.08. The molecule has 0 spiro atoms. The summed E-state index contributed by atoms with van der Waals surface area (Å²) in [6, 6.07) is 17.1. The Morgan fingerprint density at radius 3 is 2.00 bits per heavy atom. The summed E-state index contributed by atoms with van der Waals surface area (Å²) >= 11 is 0. The van der Waals surface area contributed by atoms with Gasteiger partial charge in [-0.25, -0.2) is 0 Å².